The Kier molecular flexibility index (Phi) is 1.90. The first-order chi connectivity index (χ1) is 5.88. The van der Waals surface area contributed by atoms with Crippen molar-refractivity contribution in [1.29, 1.82) is 0 Å². The Balaban J connectivity index is 2.25. The third-order valence-electron chi connectivity index (χ3n) is 2.26. The molecule has 1 heterocycles. The summed E-state index contributed by atoms with van der Waals surface area (Å²) < 4.78 is 0. The maximum absolute atomic E-state index is 4.21. The average Bonchev–Trinajstić information content (AvgIpc) is 2.53. The van der Waals surface area contributed by atoms with Crippen LogP contribution in [0.2, 0.25) is 0 Å². The van der Waals surface area contributed by atoms with Gasteiger partial charge in [0.1, 0.15) is 6.04 Å². The summed E-state index contributed by atoms with van der Waals surface area (Å²) in [5.41, 5.74) is 1.28. The van der Waals surface area contributed by atoms with Gasteiger partial charge in [-0.25, -0.2) is 0 Å². The molecule has 1 aliphatic rings. The van der Waals surface area contributed by atoms with Gasteiger partial charge in [-0.3, -0.25) is 0 Å². The molecule has 1 aromatic rings. The monoisotopic (exact) mass is 160 g/mol. The molecule has 2 rings (SSSR count). The summed E-state index contributed by atoms with van der Waals surface area (Å²) in [6.45, 7) is 3.07. The van der Waals surface area contributed by atoms with E-state index in [4.69, 9.17) is 0 Å². The first-order valence-electron chi connectivity index (χ1n) is 4.29. The van der Waals surface area contributed by atoms with Gasteiger partial charge in [-0.1, -0.05) is 37.3 Å². The summed E-state index contributed by atoms with van der Waals surface area (Å²) >= 11 is 0. The summed E-state index contributed by atoms with van der Waals surface area (Å²) in [5, 5.41) is 8.26. The molecule has 2 atom stereocenters. The lowest BCUT2D eigenvalue weighted by Gasteiger charge is -2.10. The third-order valence-corrected chi connectivity index (χ3v) is 2.26. The largest absolute Gasteiger partial charge is 0.193 e. The maximum Gasteiger partial charge on any atom is 0.100 e. The van der Waals surface area contributed by atoms with Crippen molar-refractivity contribution >= 4 is 0 Å². The standard InChI is InChI=1S/C10H12N2/c1-8-7-11-12-10(8)9-5-3-2-4-6-9/h2-6,8,10H,7H2,1H3. The van der Waals surface area contributed by atoms with Crippen LogP contribution in [0.25, 0.3) is 0 Å². The highest BCUT2D eigenvalue weighted by Gasteiger charge is 2.22. The predicted octanol–water partition coefficient (Wildman–Crippen LogP) is 2.83. The van der Waals surface area contributed by atoms with E-state index in [1.807, 2.05) is 6.07 Å². The average molecular weight is 160 g/mol. The Morgan fingerprint density at radius 3 is 2.58 bits per heavy atom. The van der Waals surface area contributed by atoms with E-state index < -0.39 is 0 Å². The van der Waals surface area contributed by atoms with Gasteiger partial charge in [0, 0.05) is 5.92 Å². The van der Waals surface area contributed by atoms with Crippen LogP contribution < -0.4 is 0 Å². The molecule has 12 heavy (non-hydrogen) atoms. The summed E-state index contributed by atoms with van der Waals surface area (Å²) in [6, 6.07) is 10.7. The van der Waals surface area contributed by atoms with Gasteiger partial charge in [0.15, 0.2) is 0 Å². The van der Waals surface area contributed by atoms with Gasteiger partial charge in [0.25, 0.3) is 0 Å². The van der Waals surface area contributed by atoms with Gasteiger partial charge in [0.2, 0.25) is 0 Å². The Morgan fingerprint density at radius 1 is 1.25 bits per heavy atom. The van der Waals surface area contributed by atoms with Gasteiger partial charge >= 0.3 is 0 Å². The minimum atomic E-state index is 0.297. The molecule has 0 bridgehead atoms. The van der Waals surface area contributed by atoms with Gasteiger partial charge < -0.3 is 0 Å². The van der Waals surface area contributed by atoms with E-state index in [2.05, 4.69) is 41.4 Å². The van der Waals surface area contributed by atoms with Crippen molar-refractivity contribution in [3.05, 3.63) is 35.9 Å². The topological polar surface area (TPSA) is 24.7 Å². The lowest BCUT2D eigenvalue weighted by atomic mass is 9.97. The highest BCUT2D eigenvalue weighted by Crippen LogP contribution is 2.30. The van der Waals surface area contributed by atoms with Crippen molar-refractivity contribution in [3.63, 3.8) is 0 Å². The Bertz CT molecular complexity index is 279. The van der Waals surface area contributed by atoms with Gasteiger partial charge in [-0.05, 0) is 5.56 Å². The van der Waals surface area contributed by atoms with E-state index in [1.165, 1.54) is 5.56 Å². The normalized spacial score (nSPS) is 27.8. The molecule has 1 aliphatic heterocycles. The molecule has 0 saturated carbocycles. The van der Waals surface area contributed by atoms with Gasteiger partial charge in [-0.2, -0.15) is 10.2 Å². The van der Waals surface area contributed by atoms with Crippen molar-refractivity contribution in [3.8, 4) is 0 Å². The van der Waals surface area contributed by atoms with Gasteiger partial charge in [0.05, 0.1) is 6.54 Å². The molecule has 0 N–H and O–H groups in total. The van der Waals surface area contributed by atoms with Crippen LogP contribution in [-0.2, 0) is 0 Å². The maximum atomic E-state index is 4.21. The second-order valence-corrected chi connectivity index (χ2v) is 3.27. The van der Waals surface area contributed by atoms with Crippen molar-refractivity contribution < 1.29 is 0 Å². The van der Waals surface area contributed by atoms with Crippen molar-refractivity contribution in [2.24, 2.45) is 16.1 Å². The second-order valence-electron chi connectivity index (χ2n) is 3.27. The summed E-state index contributed by atoms with van der Waals surface area (Å²) in [4.78, 5) is 0. The van der Waals surface area contributed by atoms with Crippen LogP contribution in [0.4, 0.5) is 0 Å². The summed E-state index contributed by atoms with van der Waals surface area (Å²) in [6.07, 6.45) is 0. The Labute approximate surface area is 72.3 Å². The van der Waals surface area contributed by atoms with Crippen LogP contribution in [0.3, 0.4) is 0 Å². The van der Waals surface area contributed by atoms with Crippen molar-refractivity contribution in [2.75, 3.05) is 6.54 Å². The minimum Gasteiger partial charge on any atom is -0.193 e. The molecule has 0 saturated heterocycles. The zero-order valence-corrected chi connectivity index (χ0v) is 7.14. The minimum absolute atomic E-state index is 0.297. The quantitative estimate of drug-likeness (QED) is 0.603. The van der Waals surface area contributed by atoms with Gasteiger partial charge in [-0.15, -0.1) is 0 Å². The number of benzene rings is 1. The zero-order valence-electron chi connectivity index (χ0n) is 7.14. The van der Waals surface area contributed by atoms with Crippen LogP contribution in [-0.4, -0.2) is 6.54 Å². The Morgan fingerprint density at radius 2 is 2.00 bits per heavy atom. The van der Waals surface area contributed by atoms with Crippen molar-refractivity contribution in [2.45, 2.75) is 13.0 Å². The molecule has 2 nitrogen and oxygen atoms in total. The molecule has 0 aromatic heterocycles. The van der Waals surface area contributed by atoms with E-state index in [9.17, 15) is 0 Å². The molecule has 0 fully saturated rings. The molecule has 0 spiro atoms. The zero-order chi connectivity index (χ0) is 8.39. The number of hydrogen-bond acceptors (Lipinski definition) is 2. The van der Waals surface area contributed by atoms with Crippen LogP contribution in [0.15, 0.2) is 40.6 Å². The number of hydrogen-bond donors (Lipinski definition) is 0. The fourth-order valence-electron chi connectivity index (χ4n) is 1.52. The van der Waals surface area contributed by atoms with E-state index in [1.54, 1.807) is 0 Å². The highest BCUT2D eigenvalue weighted by molar-refractivity contribution is 5.20. The first-order valence-corrected chi connectivity index (χ1v) is 4.29. The Hall–Kier alpha value is -1.18. The number of nitrogens with zero attached hydrogens (tertiary/aromatic N) is 2. The lowest BCUT2D eigenvalue weighted by molar-refractivity contribution is 0.546. The van der Waals surface area contributed by atoms with E-state index in [0.717, 1.165) is 6.54 Å². The smallest absolute Gasteiger partial charge is 0.100 e. The molecule has 2 heteroatoms. The third kappa shape index (κ3) is 1.24. The van der Waals surface area contributed by atoms with E-state index in [0.29, 0.717) is 12.0 Å². The molecule has 0 aliphatic carbocycles. The predicted molar refractivity (Wildman–Crippen MR) is 48.1 cm³/mol. The van der Waals surface area contributed by atoms with Crippen molar-refractivity contribution in [1.82, 2.24) is 0 Å². The van der Waals surface area contributed by atoms with Crippen LogP contribution in [0.5, 0.6) is 0 Å². The first kappa shape index (κ1) is 7.47. The molecule has 1 aromatic carbocycles. The molecular weight excluding hydrogens is 148 g/mol. The SMILES string of the molecule is CC1CN=NC1c1ccccc1. The number of rotatable bonds is 1. The molecule has 62 valence electrons. The van der Waals surface area contributed by atoms with Crippen LogP contribution in [0, 0.1) is 5.92 Å². The highest BCUT2D eigenvalue weighted by atomic mass is 15.2. The summed E-state index contributed by atoms with van der Waals surface area (Å²) in [7, 11) is 0. The lowest BCUT2D eigenvalue weighted by Crippen LogP contribution is -2.04. The molecular formula is C10H12N2. The molecule has 0 radical (unpaired) electrons. The summed E-state index contributed by atoms with van der Waals surface area (Å²) in [5.74, 6) is 0.562. The fourth-order valence-corrected chi connectivity index (χ4v) is 1.52. The van der Waals surface area contributed by atoms with E-state index in [-0.39, 0.29) is 0 Å². The van der Waals surface area contributed by atoms with E-state index >= 15 is 0 Å². The molecule has 0 amide bonds. The van der Waals surface area contributed by atoms with Crippen LogP contribution >= 0.6 is 0 Å². The number of azo groups is 1. The fraction of sp³-hybridized carbons (Fsp3) is 0.400. The van der Waals surface area contributed by atoms with Crippen LogP contribution in [0.1, 0.15) is 18.5 Å². The molecule has 2 unspecified atom stereocenters. The second kappa shape index (κ2) is 3.05.